The lowest BCUT2D eigenvalue weighted by Gasteiger charge is -2.10. The van der Waals surface area contributed by atoms with E-state index in [0.717, 1.165) is 18.2 Å². The second kappa shape index (κ2) is 4.62. The molecule has 0 saturated carbocycles. The predicted octanol–water partition coefficient (Wildman–Crippen LogP) is 2.82. The highest BCUT2D eigenvalue weighted by Crippen LogP contribution is 2.47. The van der Waals surface area contributed by atoms with E-state index in [-0.39, 0.29) is 29.7 Å². The fourth-order valence-electron chi connectivity index (χ4n) is 1.97. The van der Waals surface area contributed by atoms with E-state index in [1.807, 2.05) is 0 Å². The molecule has 0 aromatic heterocycles. The second-order valence-corrected chi connectivity index (χ2v) is 4.11. The van der Waals surface area contributed by atoms with Gasteiger partial charge in [-0.2, -0.15) is 13.2 Å². The molecule has 0 unspecified atom stereocenters. The van der Waals surface area contributed by atoms with Crippen molar-refractivity contribution in [3.05, 3.63) is 35.4 Å². The van der Waals surface area contributed by atoms with E-state index in [4.69, 9.17) is 5.11 Å². The third-order valence-electron chi connectivity index (χ3n) is 2.81. The number of aromatic hydroxyl groups is 2. The predicted molar refractivity (Wildman–Crippen MR) is 63.5 cm³/mol. The molecule has 102 valence electrons. The Hall–Kier alpha value is -1.95. The van der Waals surface area contributed by atoms with E-state index < -0.39 is 23.2 Å². The van der Waals surface area contributed by atoms with E-state index in [9.17, 15) is 23.4 Å². The highest BCUT2D eigenvalue weighted by Gasteiger charge is 2.39. The standard InChI is InChI=1S/C13H11F3O3/c14-13(15,16)10-4-7(2-1-3-17)8-5-11(18)12(19)6-9(8)10/h2,4-6,17-19H,1,3H2. The first kappa shape index (κ1) is 13.5. The first-order valence-corrected chi connectivity index (χ1v) is 5.51. The molecule has 1 aliphatic rings. The van der Waals surface area contributed by atoms with Crippen molar-refractivity contribution in [1.82, 2.24) is 0 Å². The maximum absolute atomic E-state index is 12.9. The first-order valence-electron chi connectivity index (χ1n) is 5.51. The number of rotatable bonds is 2. The van der Waals surface area contributed by atoms with E-state index in [0.29, 0.717) is 0 Å². The molecule has 2 rings (SSSR count). The van der Waals surface area contributed by atoms with Crippen molar-refractivity contribution in [2.45, 2.75) is 12.6 Å². The summed E-state index contributed by atoms with van der Waals surface area (Å²) in [5.41, 5.74) is -0.586. The number of benzene rings is 1. The molecule has 0 bridgehead atoms. The summed E-state index contributed by atoms with van der Waals surface area (Å²) in [6, 6.07) is 1.98. The van der Waals surface area contributed by atoms with Gasteiger partial charge in [-0.1, -0.05) is 6.08 Å². The number of phenolic OH excluding ortho intramolecular Hbond substituents is 2. The molecule has 0 amide bonds. The van der Waals surface area contributed by atoms with Crippen LogP contribution in [0.3, 0.4) is 0 Å². The van der Waals surface area contributed by atoms with Crippen molar-refractivity contribution in [2.75, 3.05) is 6.61 Å². The Morgan fingerprint density at radius 1 is 1.05 bits per heavy atom. The normalized spacial score (nSPS) is 16.6. The molecule has 0 fully saturated rings. The van der Waals surface area contributed by atoms with Crippen molar-refractivity contribution in [3.63, 3.8) is 0 Å². The van der Waals surface area contributed by atoms with Gasteiger partial charge in [0.25, 0.3) is 0 Å². The molecule has 3 nitrogen and oxygen atoms in total. The van der Waals surface area contributed by atoms with Crippen molar-refractivity contribution in [1.29, 1.82) is 0 Å². The Bertz CT molecular complexity index is 571. The summed E-state index contributed by atoms with van der Waals surface area (Å²) >= 11 is 0. The monoisotopic (exact) mass is 272 g/mol. The summed E-state index contributed by atoms with van der Waals surface area (Å²) < 4.78 is 38.6. The molecule has 0 aliphatic heterocycles. The molecule has 1 aromatic rings. The number of aliphatic hydroxyl groups excluding tert-OH is 1. The summed E-state index contributed by atoms with van der Waals surface area (Å²) in [4.78, 5) is 0. The average molecular weight is 272 g/mol. The van der Waals surface area contributed by atoms with Crippen LogP contribution >= 0.6 is 0 Å². The molecule has 0 atom stereocenters. The largest absolute Gasteiger partial charge is 0.504 e. The maximum atomic E-state index is 12.9. The van der Waals surface area contributed by atoms with Gasteiger partial charge in [0.1, 0.15) is 0 Å². The molecule has 3 N–H and O–H groups in total. The third-order valence-corrected chi connectivity index (χ3v) is 2.81. The number of aliphatic hydroxyl groups is 1. The van der Waals surface area contributed by atoms with Crippen LogP contribution in [0, 0.1) is 0 Å². The minimum atomic E-state index is -4.55. The lowest BCUT2D eigenvalue weighted by molar-refractivity contribution is -0.0687. The first-order chi connectivity index (χ1) is 8.84. The fraction of sp³-hybridized carbons (Fsp3) is 0.231. The van der Waals surface area contributed by atoms with Crippen LogP contribution in [0.5, 0.6) is 11.5 Å². The molecule has 6 heteroatoms. The minimum absolute atomic E-state index is 0.174. The average Bonchev–Trinajstić information content (AvgIpc) is 2.65. The number of fused-ring (bicyclic) bond motifs is 1. The number of allylic oxidation sites excluding steroid dienone is 3. The van der Waals surface area contributed by atoms with Gasteiger partial charge < -0.3 is 15.3 Å². The molecule has 1 aromatic carbocycles. The molecule has 19 heavy (non-hydrogen) atoms. The van der Waals surface area contributed by atoms with Crippen LogP contribution in [0.25, 0.3) is 11.1 Å². The molecular weight excluding hydrogens is 261 g/mol. The van der Waals surface area contributed by atoms with Crippen molar-refractivity contribution >= 4 is 11.1 Å². The van der Waals surface area contributed by atoms with Gasteiger partial charge in [-0.25, -0.2) is 0 Å². The zero-order valence-electron chi connectivity index (χ0n) is 9.70. The van der Waals surface area contributed by atoms with Crippen LogP contribution < -0.4 is 0 Å². The van der Waals surface area contributed by atoms with Gasteiger partial charge in [0.15, 0.2) is 11.5 Å². The maximum Gasteiger partial charge on any atom is 0.417 e. The van der Waals surface area contributed by atoms with Crippen LogP contribution in [-0.2, 0) is 0 Å². The van der Waals surface area contributed by atoms with Gasteiger partial charge in [0.2, 0.25) is 0 Å². The van der Waals surface area contributed by atoms with Crippen molar-refractivity contribution in [3.8, 4) is 11.5 Å². The Labute approximate surface area is 106 Å². The highest BCUT2D eigenvalue weighted by atomic mass is 19.4. The molecule has 0 heterocycles. The molecule has 0 saturated heterocycles. The summed E-state index contributed by atoms with van der Waals surface area (Å²) in [5, 5.41) is 27.4. The van der Waals surface area contributed by atoms with E-state index >= 15 is 0 Å². The number of halogens is 3. The number of hydrogen-bond acceptors (Lipinski definition) is 3. The van der Waals surface area contributed by atoms with Gasteiger partial charge in [-0.15, -0.1) is 0 Å². The molecule has 1 aliphatic carbocycles. The van der Waals surface area contributed by atoms with Gasteiger partial charge in [-0.05, 0) is 41.3 Å². The van der Waals surface area contributed by atoms with Gasteiger partial charge in [0, 0.05) is 6.61 Å². The van der Waals surface area contributed by atoms with E-state index in [1.165, 1.54) is 6.08 Å². The summed E-state index contributed by atoms with van der Waals surface area (Å²) in [7, 11) is 0. The Morgan fingerprint density at radius 3 is 2.16 bits per heavy atom. The van der Waals surface area contributed by atoms with Gasteiger partial charge in [0.05, 0.1) is 5.57 Å². The molecule has 0 spiro atoms. The quantitative estimate of drug-likeness (QED) is 0.725. The minimum Gasteiger partial charge on any atom is -0.504 e. The number of alkyl halides is 3. The lowest BCUT2D eigenvalue weighted by Crippen LogP contribution is -2.09. The van der Waals surface area contributed by atoms with Crippen LogP contribution in [0.1, 0.15) is 17.5 Å². The molecular formula is C13H11F3O3. The third kappa shape index (κ3) is 2.44. The van der Waals surface area contributed by atoms with Crippen LogP contribution in [0.2, 0.25) is 0 Å². The van der Waals surface area contributed by atoms with Crippen LogP contribution in [0.15, 0.2) is 24.3 Å². The van der Waals surface area contributed by atoms with Crippen LogP contribution in [-0.4, -0.2) is 28.1 Å². The van der Waals surface area contributed by atoms with E-state index in [2.05, 4.69) is 0 Å². The van der Waals surface area contributed by atoms with Gasteiger partial charge in [-0.3, -0.25) is 0 Å². The Balaban J connectivity index is 2.60. The number of hydrogen-bond donors (Lipinski definition) is 3. The summed E-state index contributed by atoms with van der Waals surface area (Å²) in [6.07, 6.45) is -1.95. The topological polar surface area (TPSA) is 60.7 Å². The van der Waals surface area contributed by atoms with Crippen molar-refractivity contribution in [2.24, 2.45) is 0 Å². The molecule has 0 radical (unpaired) electrons. The summed E-state index contributed by atoms with van der Waals surface area (Å²) in [6.45, 7) is -0.182. The smallest absolute Gasteiger partial charge is 0.417 e. The lowest BCUT2D eigenvalue weighted by atomic mass is 10.0. The Morgan fingerprint density at radius 2 is 1.63 bits per heavy atom. The zero-order chi connectivity index (χ0) is 14.2. The van der Waals surface area contributed by atoms with Crippen LogP contribution in [0.4, 0.5) is 13.2 Å². The zero-order valence-corrected chi connectivity index (χ0v) is 9.70. The second-order valence-electron chi connectivity index (χ2n) is 4.11. The number of phenols is 2. The highest BCUT2D eigenvalue weighted by molar-refractivity contribution is 5.98. The van der Waals surface area contributed by atoms with E-state index in [1.54, 1.807) is 0 Å². The Kier molecular flexibility index (Phi) is 3.28. The fourth-order valence-corrected chi connectivity index (χ4v) is 1.97. The summed E-state index contributed by atoms with van der Waals surface area (Å²) in [5.74, 6) is -1.08. The SMILES string of the molecule is OCCC=C1C=C(C(F)(F)F)c2cc(O)c(O)cc21. The van der Waals surface area contributed by atoms with Gasteiger partial charge >= 0.3 is 6.18 Å². The van der Waals surface area contributed by atoms with Crippen molar-refractivity contribution < 1.29 is 28.5 Å².